The maximum absolute atomic E-state index is 11.3. The molecule has 0 fully saturated rings. The van der Waals surface area contributed by atoms with Crippen LogP contribution in [0.25, 0.3) is 0 Å². The number of pyridine rings is 2. The fraction of sp³-hybridized carbons (Fsp3) is 0.391. The Balaban J connectivity index is 1.29. The largest absolute Gasteiger partial charge is 0.481 e. The van der Waals surface area contributed by atoms with E-state index in [1.54, 1.807) is 18.7 Å². The van der Waals surface area contributed by atoms with Gasteiger partial charge in [0.25, 0.3) is 0 Å². The average molecular weight is 406 g/mol. The van der Waals surface area contributed by atoms with Gasteiger partial charge in [-0.05, 0) is 55.4 Å². The second-order valence-corrected chi connectivity index (χ2v) is 7.93. The van der Waals surface area contributed by atoms with Crippen LogP contribution in [0.2, 0.25) is 0 Å². The molecular formula is C23H27N5O2. The normalized spacial score (nSPS) is 16.5. The SMILES string of the molecule is O=C(O)CC(Cn1cnc(CCCC2CCc3cccnc3N2)c1)c1cccnc1. The molecule has 4 heterocycles. The monoisotopic (exact) mass is 405 g/mol. The average Bonchev–Trinajstić information content (AvgIpc) is 3.21. The lowest BCUT2D eigenvalue weighted by molar-refractivity contribution is -0.137. The van der Waals surface area contributed by atoms with E-state index in [0.29, 0.717) is 12.6 Å². The minimum Gasteiger partial charge on any atom is -0.481 e. The zero-order chi connectivity index (χ0) is 20.8. The van der Waals surface area contributed by atoms with Gasteiger partial charge in [0.1, 0.15) is 5.82 Å². The predicted octanol–water partition coefficient (Wildman–Crippen LogP) is 3.68. The van der Waals surface area contributed by atoms with E-state index in [4.69, 9.17) is 0 Å². The van der Waals surface area contributed by atoms with Crippen molar-refractivity contribution in [2.45, 2.75) is 57.0 Å². The highest BCUT2D eigenvalue weighted by atomic mass is 16.4. The van der Waals surface area contributed by atoms with Gasteiger partial charge in [-0.1, -0.05) is 12.1 Å². The molecule has 0 bridgehead atoms. The third-order valence-corrected chi connectivity index (χ3v) is 5.67. The minimum absolute atomic E-state index is 0.0715. The molecule has 0 aliphatic carbocycles. The number of aromatic nitrogens is 4. The zero-order valence-corrected chi connectivity index (χ0v) is 16.9. The van der Waals surface area contributed by atoms with Crippen LogP contribution in [0, 0.1) is 0 Å². The van der Waals surface area contributed by atoms with E-state index in [0.717, 1.165) is 49.2 Å². The molecular weight excluding hydrogens is 378 g/mol. The molecule has 7 nitrogen and oxygen atoms in total. The summed E-state index contributed by atoms with van der Waals surface area (Å²) in [6, 6.07) is 8.37. The standard InChI is InChI=1S/C23H27N5O2/c29-22(30)12-19(18-5-2-10-24-13-18)14-28-15-21(26-16-28)7-1-6-20-9-8-17-4-3-11-25-23(17)27-20/h2-5,10-11,13,15-16,19-20H,1,6-9,12,14H2,(H,25,27)(H,29,30). The summed E-state index contributed by atoms with van der Waals surface area (Å²) in [5.74, 6) is 0.0930. The Morgan fingerprint density at radius 1 is 1.27 bits per heavy atom. The molecule has 4 rings (SSSR count). The molecule has 0 aromatic carbocycles. The van der Waals surface area contributed by atoms with Gasteiger partial charge in [0.2, 0.25) is 0 Å². The van der Waals surface area contributed by atoms with Crippen molar-refractivity contribution in [1.29, 1.82) is 0 Å². The van der Waals surface area contributed by atoms with Crippen LogP contribution in [0.5, 0.6) is 0 Å². The first-order valence-corrected chi connectivity index (χ1v) is 10.5. The Kier molecular flexibility index (Phi) is 6.37. The van der Waals surface area contributed by atoms with Crippen LogP contribution < -0.4 is 5.32 Å². The van der Waals surface area contributed by atoms with Crippen LogP contribution in [0.15, 0.2) is 55.4 Å². The topological polar surface area (TPSA) is 92.9 Å². The summed E-state index contributed by atoms with van der Waals surface area (Å²) < 4.78 is 2.00. The number of nitrogens with one attached hydrogen (secondary N) is 1. The Bertz CT molecular complexity index is 972. The van der Waals surface area contributed by atoms with Crippen molar-refractivity contribution >= 4 is 11.8 Å². The minimum atomic E-state index is -0.805. The fourth-order valence-electron chi connectivity index (χ4n) is 4.12. The summed E-state index contributed by atoms with van der Waals surface area (Å²) in [6.45, 7) is 0.581. The van der Waals surface area contributed by atoms with Gasteiger partial charge in [-0.3, -0.25) is 9.78 Å². The van der Waals surface area contributed by atoms with E-state index in [1.807, 2.05) is 35.2 Å². The van der Waals surface area contributed by atoms with Crippen LogP contribution in [-0.4, -0.2) is 36.6 Å². The number of imidazole rings is 1. The van der Waals surface area contributed by atoms with Crippen molar-refractivity contribution in [1.82, 2.24) is 19.5 Å². The molecule has 1 aliphatic rings. The van der Waals surface area contributed by atoms with Crippen molar-refractivity contribution in [2.75, 3.05) is 5.32 Å². The second kappa shape index (κ2) is 9.52. The quantitative estimate of drug-likeness (QED) is 0.564. The number of fused-ring (bicyclic) bond motifs is 1. The predicted molar refractivity (Wildman–Crippen MR) is 114 cm³/mol. The lowest BCUT2D eigenvalue weighted by atomic mass is 9.96. The number of rotatable bonds is 9. The summed E-state index contributed by atoms with van der Waals surface area (Å²) in [5, 5.41) is 12.8. The lowest BCUT2D eigenvalue weighted by Gasteiger charge is -2.25. The van der Waals surface area contributed by atoms with Gasteiger partial charge < -0.3 is 15.0 Å². The van der Waals surface area contributed by atoms with Crippen molar-refractivity contribution < 1.29 is 9.90 Å². The fourth-order valence-corrected chi connectivity index (χ4v) is 4.12. The second-order valence-electron chi connectivity index (χ2n) is 7.93. The zero-order valence-electron chi connectivity index (χ0n) is 16.9. The van der Waals surface area contributed by atoms with Crippen molar-refractivity contribution in [3.63, 3.8) is 0 Å². The van der Waals surface area contributed by atoms with Crippen LogP contribution in [0.1, 0.15) is 48.4 Å². The third-order valence-electron chi connectivity index (χ3n) is 5.67. The highest BCUT2D eigenvalue weighted by Gasteiger charge is 2.19. The number of carbonyl (C=O) groups is 1. The number of hydrogen-bond acceptors (Lipinski definition) is 5. The molecule has 156 valence electrons. The van der Waals surface area contributed by atoms with Gasteiger partial charge >= 0.3 is 5.97 Å². The number of carboxylic acid groups (broad SMARTS) is 1. The van der Waals surface area contributed by atoms with Crippen LogP contribution in [0.3, 0.4) is 0 Å². The summed E-state index contributed by atoms with van der Waals surface area (Å²) in [4.78, 5) is 24.4. The first-order chi connectivity index (χ1) is 14.7. The molecule has 0 amide bonds. The molecule has 2 unspecified atom stereocenters. The van der Waals surface area contributed by atoms with Crippen molar-refractivity contribution in [3.05, 3.63) is 72.2 Å². The van der Waals surface area contributed by atoms with E-state index < -0.39 is 5.97 Å². The number of hydrogen-bond donors (Lipinski definition) is 2. The van der Waals surface area contributed by atoms with Crippen LogP contribution >= 0.6 is 0 Å². The van der Waals surface area contributed by atoms with Gasteiger partial charge in [0.15, 0.2) is 0 Å². The van der Waals surface area contributed by atoms with E-state index in [2.05, 4.69) is 26.3 Å². The maximum Gasteiger partial charge on any atom is 0.304 e. The highest BCUT2D eigenvalue weighted by molar-refractivity contribution is 5.68. The Morgan fingerprint density at radius 2 is 2.17 bits per heavy atom. The number of anilines is 1. The number of aliphatic carboxylic acids is 1. The molecule has 3 aromatic rings. The maximum atomic E-state index is 11.3. The van der Waals surface area contributed by atoms with Crippen LogP contribution in [-0.2, 0) is 24.2 Å². The molecule has 0 saturated heterocycles. The summed E-state index contributed by atoms with van der Waals surface area (Å²) >= 11 is 0. The van der Waals surface area contributed by atoms with E-state index in [-0.39, 0.29) is 12.3 Å². The van der Waals surface area contributed by atoms with E-state index in [9.17, 15) is 9.90 Å². The van der Waals surface area contributed by atoms with Gasteiger partial charge in [0, 0.05) is 43.3 Å². The van der Waals surface area contributed by atoms with Gasteiger partial charge in [-0.15, -0.1) is 0 Å². The summed E-state index contributed by atoms with van der Waals surface area (Å²) in [7, 11) is 0. The molecule has 0 radical (unpaired) electrons. The number of carboxylic acids is 1. The third kappa shape index (κ3) is 5.23. The van der Waals surface area contributed by atoms with Gasteiger partial charge in [0.05, 0.1) is 18.4 Å². The highest BCUT2D eigenvalue weighted by Crippen LogP contribution is 2.25. The van der Waals surface area contributed by atoms with Crippen molar-refractivity contribution in [3.8, 4) is 0 Å². The molecule has 0 spiro atoms. The Hall–Kier alpha value is -3.22. The van der Waals surface area contributed by atoms with Gasteiger partial charge in [-0.25, -0.2) is 9.97 Å². The van der Waals surface area contributed by atoms with E-state index >= 15 is 0 Å². The van der Waals surface area contributed by atoms with Crippen molar-refractivity contribution in [2.24, 2.45) is 0 Å². The lowest BCUT2D eigenvalue weighted by Crippen LogP contribution is -2.26. The smallest absolute Gasteiger partial charge is 0.304 e. The van der Waals surface area contributed by atoms with Gasteiger partial charge in [-0.2, -0.15) is 0 Å². The number of nitrogens with zero attached hydrogens (tertiary/aromatic N) is 4. The Morgan fingerprint density at radius 3 is 3.00 bits per heavy atom. The molecule has 2 atom stereocenters. The first-order valence-electron chi connectivity index (χ1n) is 10.5. The molecule has 0 saturated carbocycles. The number of aryl methyl sites for hydroxylation is 2. The molecule has 2 N–H and O–H groups in total. The molecule has 3 aromatic heterocycles. The van der Waals surface area contributed by atoms with Crippen LogP contribution in [0.4, 0.5) is 5.82 Å². The Labute approximate surface area is 176 Å². The first kappa shape index (κ1) is 20.1. The summed E-state index contributed by atoms with van der Waals surface area (Å²) in [5.41, 5.74) is 3.29. The summed E-state index contributed by atoms with van der Waals surface area (Å²) in [6.07, 6.45) is 14.5. The van der Waals surface area contributed by atoms with E-state index in [1.165, 1.54) is 5.56 Å². The molecule has 1 aliphatic heterocycles. The molecule has 7 heteroatoms. The molecule has 30 heavy (non-hydrogen) atoms.